The predicted octanol–water partition coefficient (Wildman–Crippen LogP) is 3.59. The van der Waals surface area contributed by atoms with Crippen molar-refractivity contribution in [1.82, 2.24) is 4.57 Å². The van der Waals surface area contributed by atoms with E-state index in [1.54, 1.807) is 16.8 Å². The third-order valence-electron chi connectivity index (χ3n) is 2.87. The van der Waals surface area contributed by atoms with E-state index < -0.39 is 21.7 Å². The van der Waals surface area contributed by atoms with Gasteiger partial charge < -0.3 is 9.30 Å². The molecule has 0 unspecified atom stereocenters. The molecule has 0 aliphatic carbocycles. The van der Waals surface area contributed by atoms with Crippen molar-refractivity contribution in [2.75, 3.05) is 31.1 Å². The summed E-state index contributed by atoms with van der Waals surface area (Å²) in [6.45, 7) is 0.984. The lowest BCUT2D eigenvalue weighted by atomic mass is 10.2. The number of ether oxygens (including phenoxy) is 1. The zero-order chi connectivity index (χ0) is 14.0. The zero-order valence-electron chi connectivity index (χ0n) is 11.5. The Morgan fingerprint density at radius 2 is 1.95 bits per heavy atom. The van der Waals surface area contributed by atoms with Gasteiger partial charge in [-0.15, -0.1) is 0 Å². The van der Waals surface area contributed by atoms with Gasteiger partial charge in [0.25, 0.3) is 0 Å². The molecule has 2 rings (SSSR count). The fraction of sp³-hybridized carbons (Fsp3) is 0.429. The topological polar surface area (TPSA) is 14.2 Å². The standard InChI is InChI=1S/C14H19F2NOS/c1-19(2,3)7-6-18-10-17-5-4-12-13(16)8-11(15)9-14(12)17/h4-5,8-9H,6-7,10H2,1-3H3. The third-order valence-corrected chi connectivity index (χ3v) is 4.26. The van der Waals surface area contributed by atoms with Crippen LogP contribution in [0.25, 0.3) is 10.9 Å². The van der Waals surface area contributed by atoms with E-state index >= 15 is 0 Å². The lowest BCUT2D eigenvalue weighted by Crippen LogP contribution is -2.09. The second-order valence-electron chi connectivity index (χ2n) is 5.44. The highest BCUT2D eigenvalue weighted by molar-refractivity contribution is 8.32. The van der Waals surface area contributed by atoms with Crippen molar-refractivity contribution in [3.05, 3.63) is 36.0 Å². The van der Waals surface area contributed by atoms with E-state index in [9.17, 15) is 8.78 Å². The van der Waals surface area contributed by atoms with Crippen LogP contribution >= 0.6 is 10.0 Å². The SMILES string of the molecule is CS(C)(C)CCOCn1ccc2c(F)cc(F)cc21. The maximum absolute atomic E-state index is 13.5. The average molecular weight is 287 g/mol. The number of benzene rings is 1. The molecule has 0 bridgehead atoms. The lowest BCUT2D eigenvalue weighted by molar-refractivity contribution is 0.0927. The van der Waals surface area contributed by atoms with Gasteiger partial charge in [-0.1, -0.05) is 0 Å². The summed E-state index contributed by atoms with van der Waals surface area (Å²) in [5, 5.41) is 0.423. The molecule has 0 saturated carbocycles. The molecule has 1 heterocycles. The third kappa shape index (κ3) is 3.70. The number of fused-ring (bicyclic) bond motifs is 1. The van der Waals surface area contributed by atoms with Crippen LogP contribution in [0.2, 0.25) is 0 Å². The molecule has 0 aliphatic rings. The summed E-state index contributed by atoms with van der Waals surface area (Å²) in [5.74, 6) is -0.0773. The molecule has 0 aliphatic heterocycles. The summed E-state index contributed by atoms with van der Waals surface area (Å²) in [6, 6.07) is 3.87. The molecule has 0 spiro atoms. The summed E-state index contributed by atoms with van der Waals surface area (Å²) in [4.78, 5) is 0. The Balaban J connectivity index is 2.05. The molecule has 0 radical (unpaired) electrons. The minimum absolute atomic E-state index is 0.321. The zero-order valence-corrected chi connectivity index (χ0v) is 12.3. The van der Waals surface area contributed by atoms with Crippen molar-refractivity contribution in [1.29, 1.82) is 0 Å². The van der Waals surface area contributed by atoms with Gasteiger partial charge in [-0.05, 0) is 30.9 Å². The smallest absolute Gasteiger partial charge is 0.135 e. The van der Waals surface area contributed by atoms with Gasteiger partial charge in [0.2, 0.25) is 0 Å². The molecule has 2 nitrogen and oxygen atoms in total. The van der Waals surface area contributed by atoms with Gasteiger partial charge >= 0.3 is 0 Å². The second-order valence-corrected chi connectivity index (χ2v) is 10.0. The minimum Gasteiger partial charge on any atom is -0.360 e. The van der Waals surface area contributed by atoms with Crippen molar-refractivity contribution >= 4 is 20.9 Å². The maximum Gasteiger partial charge on any atom is 0.135 e. The molecular weight excluding hydrogens is 268 g/mol. The van der Waals surface area contributed by atoms with Crippen molar-refractivity contribution in [2.24, 2.45) is 0 Å². The molecule has 1 aromatic carbocycles. The highest BCUT2D eigenvalue weighted by Crippen LogP contribution is 2.33. The van der Waals surface area contributed by atoms with Crippen LogP contribution in [0.15, 0.2) is 24.4 Å². The van der Waals surface area contributed by atoms with E-state index in [1.807, 2.05) is 0 Å². The summed E-state index contributed by atoms with van der Waals surface area (Å²) in [5.41, 5.74) is 0.528. The Hall–Kier alpha value is -1.07. The molecule has 0 amide bonds. The van der Waals surface area contributed by atoms with E-state index in [-0.39, 0.29) is 0 Å². The van der Waals surface area contributed by atoms with E-state index in [4.69, 9.17) is 4.74 Å². The highest BCUT2D eigenvalue weighted by Gasteiger charge is 2.09. The fourth-order valence-electron chi connectivity index (χ4n) is 1.80. The van der Waals surface area contributed by atoms with Crippen LogP contribution in [-0.2, 0) is 11.5 Å². The van der Waals surface area contributed by atoms with Crippen LogP contribution < -0.4 is 0 Å². The van der Waals surface area contributed by atoms with Gasteiger partial charge in [0.15, 0.2) is 0 Å². The molecule has 5 heteroatoms. The maximum atomic E-state index is 13.5. The Kier molecular flexibility index (Phi) is 4.16. The molecule has 0 atom stereocenters. The van der Waals surface area contributed by atoms with Gasteiger partial charge in [0.05, 0.1) is 12.1 Å². The number of halogens is 2. The molecule has 0 saturated heterocycles. The fourth-order valence-corrected chi connectivity index (χ4v) is 2.42. The number of hydrogen-bond acceptors (Lipinski definition) is 1. The van der Waals surface area contributed by atoms with E-state index in [0.717, 1.165) is 11.8 Å². The Morgan fingerprint density at radius 1 is 1.21 bits per heavy atom. The van der Waals surface area contributed by atoms with Crippen molar-refractivity contribution in [3.63, 3.8) is 0 Å². The van der Waals surface area contributed by atoms with Crippen LogP contribution in [0.5, 0.6) is 0 Å². The number of rotatable bonds is 5. The largest absolute Gasteiger partial charge is 0.360 e. The van der Waals surface area contributed by atoms with E-state index in [1.165, 1.54) is 6.07 Å². The summed E-state index contributed by atoms with van der Waals surface area (Å²) < 4.78 is 34.0. The second kappa shape index (κ2) is 5.51. The van der Waals surface area contributed by atoms with Crippen LogP contribution in [0.3, 0.4) is 0 Å². The molecular formula is C14H19F2NOS. The normalized spacial score (nSPS) is 13.1. The summed E-state index contributed by atoms with van der Waals surface area (Å²) in [7, 11) is -0.575. The van der Waals surface area contributed by atoms with Crippen LogP contribution in [0.1, 0.15) is 0 Å². The monoisotopic (exact) mass is 287 g/mol. The first kappa shape index (κ1) is 14.3. The molecule has 0 fully saturated rings. The summed E-state index contributed by atoms with van der Waals surface area (Å²) in [6.07, 6.45) is 8.40. The van der Waals surface area contributed by atoms with Crippen molar-refractivity contribution in [3.8, 4) is 0 Å². The van der Waals surface area contributed by atoms with Gasteiger partial charge in [0.1, 0.15) is 18.4 Å². The number of aromatic nitrogens is 1. The highest BCUT2D eigenvalue weighted by atomic mass is 32.3. The van der Waals surface area contributed by atoms with Crippen LogP contribution in [0.4, 0.5) is 8.78 Å². The van der Waals surface area contributed by atoms with Gasteiger partial charge in [-0.25, -0.2) is 18.8 Å². The molecule has 1 aromatic heterocycles. The van der Waals surface area contributed by atoms with Gasteiger partial charge in [0, 0.05) is 23.4 Å². The van der Waals surface area contributed by atoms with Crippen LogP contribution in [0, 0.1) is 11.6 Å². The average Bonchev–Trinajstić information content (AvgIpc) is 2.66. The molecule has 106 valence electrons. The Labute approximate surface area is 113 Å². The Bertz CT molecular complexity index is 575. The molecule has 2 aromatic rings. The lowest BCUT2D eigenvalue weighted by Gasteiger charge is -2.24. The predicted molar refractivity (Wildman–Crippen MR) is 78.0 cm³/mol. The molecule has 19 heavy (non-hydrogen) atoms. The summed E-state index contributed by atoms with van der Waals surface area (Å²) >= 11 is 0. The molecule has 0 N–H and O–H groups in total. The van der Waals surface area contributed by atoms with Crippen LogP contribution in [-0.4, -0.2) is 35.7 Å². The minimum atomic E-state index is -0.575. The number of nitrogens with zero attached hydrogens (tertiary/aromatic N) is 1. The van der Waals surface area contributed by atoms with Crippen molar-refractivity contribution < 1.29 is 13.5 Å². The van der Waals surface area contributed by atoms with Gasteiger partial charge in [-0.3, -0.25) is 0 Å². The Morgan fingerprint density at radius 3 is 2.63 bits per heavy atom. The first-order valence-electron chi connectivity index (χ1n) is 6.04. The quantitative estimate of drug-likeness (QED) is 0.767. The van der Waals surface area contributed by atoms with Gasteiger partial charge in [-0.2, -0.15) is 0 Å². The first-order valence-corrected chi connectivity index (χ1v) is 9.07. The van der Waals surface area contributed by atoms with E-state index in [2.05, 4.69) is 18.8 Å². The van der Waals surface area contributed by atoms with E-state index in [0.29, 0.717) is 24.2 Å². The van der Waals surface area contributed by atoms with Crippen molar-refractivity contribution in [2.45, 2.75) is 6.73 Å². The first-order chi connectivity index (χ1) is 8.87. The number of hydrogen-bond donors (Lipinski definition) is 0.